The minimum Gasteiger partial charge on any atom is -0.357 e. The van der Waals surface area contributed by atoms with Crippen molar-refractivity contribution in [3.05, 3.63) is 12.2 Å². The van der Waals surface area contributed by atoms with Crippen LogP contribution in [0.25, 0.3) is 0 Å². The molecule has 8 nitrogen and oxygen atoms in total. The van der Waals surface area contributed by atoms with Crippen LogP contribution in [-0.2, 0) is 19.4 Å². The molecule has 3 aliphatic rings. The number of hydrogen-bond donors (Lipinski definition) is 2. The summed E-state index contributed by atoms with van der Waals surface area (Å²) in [4.78, 5) is 31.0. The Bertz CT molecular complexity index is 731. The van der Waals surface area contributed by atoms with E-state index in [1.54, 1.807) is 0 Å². The number of allylic oxidation sites excluding steroid dienone is 2. The monoisotopic (exact) mass is 396 g/mol. The molecule has 27 heavy (non-hydrogen) atoms. The highest BCUT2D eigenvalue weighted by atomic mass is 32.2. The van der Waals surface area contributed by atoms with E-state index in [1.165, 1.54) is 11.2 Å². The van der Waals surface area contributed by atoms with Gasteiger partial charge in [0.2, 0.25) is 11.8 Å². The molecule has 2 amide bonds. The lowest BCUT2D eigenvalue weighted by molar-refractivity contribution is -0.140. The van der Waals surface area contributed by atoms with Gasteiger partial charge in [-0.3, -0.25) is 19.5 Å². The third kappa shape index (κ3) is 4.34. The fraction of sp³-hybridized carbons (Fsp3) is 0.722. The first-order valence-electron chi connectivity index (χ1n) is 9.55. The van der Waals surface area contributed by atoms with E-state index in [9.17, 15) is 18.0 Å². The summed E-state index contributed by atoms with van der Waals surface area (Å²) in [6.45, 7) is 3.72. The fourth-order valence-corrected chi connectivity index (χ4v) is 4.98. The molecule has 3 rings (SSSR count). The Hall–Kier alpha value is -1.90. The number of imide groups is 1. The Morgan fingerprint density at radius 3 is 2.37 bits per heavy atom. The molecule has 2 aliphatic carbocycles. The van der Waals surface area contributed by atoms with Gasteiger partial charge in [0.15, 0.2) is 5.96 Å². The van der Waals surface area contributed by atoms with Gasteiger partial charge in [-0.15, -0.1) is 0 Å². The number of aliphatic imine (C=N–C) groups is 1. The largest absolute Gasteiger partial charge is 0.357 e. The van der Waals surface area contributed by atoms with Crippen molar-refractivity contribution < 1.29 is 18.0 Å². The van der Waals surface area contributed by atoms with Gasteiger partial charge >= 0.3 is 0 Å². The molecule has 2 bridgehead atoms. The van der Waals surface area contributed by atoms with Crippen LogP contribution in [0.1, 0.15) is 19.8 Å². The van der Waals surface area contributed by atoms with Crippen LogP contribution in [0.3, 0.4) is 0 Å². The van der Waals surface area contributed by atoms with Crippen molar-refractivity contribution in [2.75, 3.05) is 38.2 Å². The molecule has 0 aromatic rings. The highest BCUT2D eigenvalue weighted by Gasteiger charge is 2.58. The van der Waals surface area contributed by atoms with E-state index in [1.807, 2.05) is 6.92 Å². The first-order chi connectivity index (χ1) is 12.8. The van der Waals surface area contributed by atoms with Gasteiger partial charge < -0.3 is 10.6 Å². The number of likely N-dealkylation sites (tertiary alicyclic amines) is 1. The van der Waals surface area contributed by atoms with E-state index >= 15 is 0 Å². The molecule has 0 aromatic heterocycles. The van der Waals surface area contributed by atoms with Gasteiger partial charge in [0, 0.05) is 32.4 Å². The van der Waals surface area contributed by atoms with Crippen molar-refractivity contribution in [3.63, 3.8) is 0 Å². The van der Waals surface area contributed by atoms with Crippen molar-refractivity contribution >= 4 is 27.6 Å². The third-order valence-corrected chi connectivity index (χ3v) is 6.51. The van der Waals surface area contributed by atoms with E-state index in [0.29, 0.717) is 38.6 Å². The van der Waals surface area contributed by atoms with E-state index in [0.717, 1.165) is 6.42 Å². The average molecular weight is 397 g/mol. The molecule has 2 fully saturated rings. The maximum absolute atomic E-state index is 12.6. The molecule has 0 radical (unpaired) electrons. The number of guanidine groups is 1. The van der Waals surface area contributed by atoms with E-state index < -0.39 is 9.84 Å². The van der Waals surface area contributed by atoms with Gasteiger partial charge in [0.05, 0.1) is 17.6 Å². The molecular weight excluding hydrogens is 368 g/mol. The number of carbonyl (C=O) groups is 2. The zero-order valence-electron chi connectivity index (χ0n) is 15.8. The molecular formula is C18H28N4O4S. The number of hydrogen-bond acceptors (Lipinski definition) is 5. The second-order valence-electron chi connectivity index (χ2n) is 7.50. The van der Waals surface area contributed by atoms with Gasteiger partial charge in [0.25, 0.3) is 0 Å². The van der Waals surface area contributed by atoms with E-state index in [-0.39, 0.29) is 41.2 Å². The summed E-state index contributed by atoms with van der Waals surface area (Å²) >= 11 is 0. The van der Waals surface area contributed by atoms with Gasteiger partial charge in [0.1, 0.15) is 9.84 Å². The van der Waals surface area contributed by atoms with Crippen LogP contribution in [-0.4, -0.2) is 69.3 Å². The lowest BCUT2D eigenvalue weighted by atomic mass is 9.85. The van der Waals surface area contributed by atoms with Crippen LogP contribution in [0.5, 0.6) is 0 Å². The molecule has 4 unspecified atom stereocenters. The molecule has 1 saturated carbocycles. The van der Waals surface area contributed by atoms with Crippen molar-refractivity contribution in [2.24, 2.45) is 28.7 Å². The maximum Gasteiger partial charge on any atom is 0.233 e. The lowest BCUT2D eigenvalue weighted by Gasteiger charge is -2.18. The SMILES string of the molecule is CCNC(=NCCCS(C)(=O)=O)NCCN1C(=O)C2C3C=CC(C3)C2C1=O. The maximum atomic E-state index is 12.6. The second kappa shape index (κ2) is 8.00. The number of fused-ring (bicyclic) bond motifs is 5. The molecule has 0 aromatic carbocycles. The quantitative estimate of drug-likeness (QED) is 0.193. The Morgan fingerprint density at radius 2 is 1.81 bits per heavy atom. The number of nitrogens with one attached hydrogen (secondary N) is 2. The van der Waals surface area contributed by atoms with Gasteiger partial charge in [-0.25, -0.2) is 8.42 Å². The van der Waals surface area contributed by atoms with Crippen LogP contribution in [0.2, 0.25) is 0 Å². The molecule has 1 heterocycles. The Labute approximate surface area is 160 Å². The van der Waals surface area contributed by atoms with Crippen LogP contribution in [0.4, 0.5) is 0 Å². The number of nitrogens with zero attached hydrogens (tertiary/aromatic N) is 2. The smallest absolute Gasteiger partial charge is 0.233 e. The van der Waals surface area contributed by atoms with Crippen LogP contribution in [0, 0.1) is 23.7 Å². The van der Waals surface area contributed by atoms with Crippen molar-refractivity contribution in [1.82, 2.24) is 15.5 Å². The van der Waals surface area contributed by atoms with Gasteiger partial charge in [-0.1, -0.05) is 12.2 Å². The summed E-state index contributed by atoms with van der Waals surface area (Å²) in [6.07, 6.45) is 6.78. The lowest BCUT2D eigenvalue weighted by Crippen LogP contribution is -2.43. The summed E-state index contributed by atoms with van der Waals surface area (Å²) < 4.78 is 22.3. The van der Waals surface area contributed by atoms with Crippen LogP contribution in [0.15, 0.2) is 17.1 Å². The normalized spacial score (nSPS) is 29.6. The van der Waals surface area contributed by atoms with Crippen LogP contribution < -0.4 is 10.6 Å². The Balaban J connectivity index is 1.49. The van der Waals surface area contributed by atoms with E-state index in [4.69, 9.17) is 0 Å². The van der Waals surface area contributed by atoms with Crippen molar-refractivity contribution in [3.8, 4) is 0 Å². The summed E-state index contributed by atoms with van der Waals surface area (Å²) in [5, 5.41) is 6.20. The minimum absolute atomic E-state index is 0.0428. The predicted octanol–water partition coefficient (Wildman–Crippen LogP) is -0.217. The number of carbonyl (C=O) groups excluding carboxylic acids is 2. The number of amides is 2. The molecule has 1 aliphatic heterocycles. The van der Waals surface area contributed by atoms with Crippen LogP contribution >= 0.6 is 0 Å². The minimum atomic E-state index is -2.98. The summed E-state index contributed by atoms with van der Waals surface area (Å²) in [5.41, 5.74) is 0. The topological polar surface area (TPSA) is 108 Å². The average Bonchev–Trinajstić information content (AvgIpc) is 3.27. The number of sulfone groups is 1. The first-order valence-corrected chi connectivity index (χ1v) is 11.6. The predicted molar refractivity (Wildman–Crippen MR) is 103 cm³/mol. The van der Waals surface area contributed by atoms with Crippen molar-refractivity contribution in [1.29, 1.82) is 0 Å². The van der Waals surface area contributed by atoms with Gasteiger partial charge in [-0.2, -0.15) is 0 Å². The molecule has 4 atom stereocenters. The highest BCUT2D eigenvalue weighted by Crippen LogP contribution is 2.52. The molecule has 0 spiro atoms. The summed E-state index contributed by atoms with van der Waals surface area (Å²) in [5.74, 6) is 0.706. The van der Waals surface area contributed by atoms with Crippen molar-refractivity contribution in [2.45, 2.75) is 19.8 Å². The zero-order chi connectivity index (χ0) is 19.6. The first kappa shape index (κ1) is 19.9. The summed E-state index contributed by atoms with van der Waals surface area (Å²) in [7, 11) is -2.98. The fourth-order valence-electron chi connectivity index (χ4n) is 4.33. The molecule has 9 heteroatoms. The summed E-state index contributed by atoms with van der Waals surface area (Å²) in [6, 6.07) is 0. The number of rotatable bonds is 8. The highest BCUT2D eigenvalue weighted by molar-refractivity contribution is 7.90. The zero-order valence-corrected chi connectivity index (χ0v) is 16.7. The third-order valence-electron chi connectivity index (χ3n) is 5.48. The second-order valence-corrected chi connectivity index (χ2v) is 9.76. The Morgan fingerprint density at radius 1 is 1.19 bits per heavy atom. The molecule has 1 saturated heterocycles. The molecule has 2 N–H and O–H groups in total. The Kier molecular flexibility index (Phi) is 5.88. The standard InChI is InChI=1S/C18H28N4O4S/c1-3-19-18(20-7-4-10-27(2,25)26)21-8-9-22-16(23)14-12-5-6-13(11-12)15(14)17(22)24/h5-6,12-15H,3-4,7-11H2,1-2H3,(H2,19,20,21). The van der Waals surface area contributed by atoms with Gasteiger partial charge in [-0.05, 0) is 31.6 Å². The van der Waals surface area contributed by atoms with E-state index in [2.05, 4.69) is 27.8 Å². The molecule has 150 valence electrons.